The van der Waals surface area contributed by atoms with Crippen LogP contribution in [-0.2, 0) is 4.79 Å². The van der Waals surface area contributed by atoms with Crippen molar-refractivity contribution in [2.75, 3.05) is 18.4 Å². The maximum Gasteiger partial charge on any atom is 0.269 e. The molecular weight excluding hydrogens is 234 g/mol. The topological polar surface area (TPSA) is 84.3 Å². The van der Waals surface area contributed by atoms with Gasteiger partial charge in [-0.05, 0) is 18.6 Å². The zero-order valence-corrected chi connectivity index (χ0v) is 10.3. The lowest BCUT2D eigenvalue weighted by Gasteiger charge is -2.07. The van der Waals surface area contributed by atoms with E-state index in [1.165, 1.54) is 12.1 Å². The molecule has 1 aromatic carbocycles. The second-order valence-corrected chi connectivity index (χ2v) is 3.83. The summed E-state index contributed by atoms with van der Waals surface area (Å²) in [4.78, 5) is 21.2. The molecule has 0 fully saturated rings. The van der Waals surface area contributed by atoms with E-state index in [4.69, 9.17) is 0 Å². The summed E-state index contributed by atoms with van der Waals surface area (Å²) < 4.78 is 0. The molecule has 0 atom stereocenters. The Morgan fingerprint density at radius 2 is 1.94 bits per heavy atom. The Labute approximate surface area is 106 Å². The van der Waals surface area contributed by atoms with Crippen LogP contribution in [0.4, 0.5) is 11.4 Å². The number of nitro benzene ring substituents is 1. The quantitative estimate of drug-likeness (QED) is 0.440. The fourth-order valence-corrected chi connectivity index (χ4v) is 1.43. The molecule has 0 bridgehead atoms. The van der Waals surface area contributed by atoms with Crippen molar-refractivity contribution >= 4 is 17.3 Å². The third-order valence-electron chi connectivity index (χ3n) is 2.33. The van der Waals surface area contributed by atoms with E-state index in [0.717, 1.165) is 12.1 Å². The molecule has 2 N–H and O–H groups in total. The molecule has 1 aromatic rings. The van der Waals surface area contributed by atoms with Crippen molar-refractivity contribution in [3.63, 3.8) is 0 Å². The number of carbonyl (C=O) groups excluding carboxylic acids is 1. The summed E-state index contributed by atoms with van der Waals surface area (Å²) in [5.74, 6) is 0.0444. The molecule has 6 nitrogen and oxygen atoms in total. The Balaban J connectivity index is 2.27. The number of carbonyl (C=O) groups is 1. The SMILES string of the molecule is CCCC(=O)NCCNc1ccc([N+](=O)[O-])cc1. The number of anilines is 1. The molecule has 18 heavy (non-hydrogen) atoms. The van der Waals surface area contributed by atoms with Crippen molar-refractivity contribution in [3.8, 4) is 0 Å². The first-order valence-corrected chi connectivity index (χ1v) is 5.88. The maximum absolute atomic E-state index is 11.2. The monoisotopic (exact) mass is 251 g/mol. The molecule has 0 aliphatic rings. The van der Waals surface area contributed by atoms with Crippen molar-refractivity contribution in [2.24, 2.45) is 0 Å². The predicted octanol–water partition coefficient (Wildman–Crippen LogP) is 1.92. The molecule has 0 unspecified atom stereocenters. The van der Waals surface area contributed by atoms with Gasteiger partial charge in [-0.2, -0.15) is 0 Å². The minimum atomic E-state index is -0.436. The smallest absolute Gasteiger partial charge is 0.269 e. The number of benzene rings is 1. The van der Waals surface area contributed by atoms with Crippen LogP contribution in [0, 0.1) is 10.1 Å². The van der Waals surface area contributed by atoms with E-state index in [-0.39, 0.29) is 11.6 Å². The van der Waals surface area contributed by atoms with Crippen molar-refractivity contribution in [1.82, 2.24) is 5.32 Å². The van der Waals surface area contributed by atoms with Gasteiger partial charge in [0, 0.05) is 37.3 Å². The maximum atomic E-state index is 11.2. The molecular formula is C12H17N3O3. The Morgan fingerprint density at radius 3 is 2.50 bits per heavy atom. The highest BCUT2D eigenvalue weighted by Gasteiger charge is 2.03. The van der Waals surface area contributed by atoms with Gasteiger partial charge in [-0.15, -0.1) is 0 Å². The molecule has 0 saturated heterocycles. The van der Waals surface area contributed by atoms with Crippen molar-refractivity contribution in [1.29, 1.82) is 0 Å². The fraction of sp³-hybridized carbons (Fsp3) is 0.417. The highest BCUT2D eigenvalue weighted by atomic mass is 16.6. The van der Waals surface area contributed by atoms with Crippen LogP contribution in [0.3, 0.4) is 0 Å². The van der Waals surface area contributed by atoms with Gasteiger partial charge in [0.05, 0.1) is 4.92 Å². The predicted molar refractivity (Wildman–Crippen MR) is 69.5 cm³/mol. The van der Waals surface area contributed by atoms with E-state index in [0.29, 0.717) is 19.5 Å². The van der Waals surface area contributed by atoms with Crippen LogP contribution in [0.2, 0.25) is 0 Å². The van der Waals surface area contributed by atoms with Crippen LogP contribution in [-0.4, -0.2) is 23.9 Å². The van der Waals surface area contributed by atoms with Gasteiger partial charge < -0.3 is 10.6 Å². The van der Waals surface area contributed by atoms with Gasteiger partial charge in [-0.3, -0.25) is 14.9 Å². The summed E-state index contributed by atoms with van der Waals surface area (Å²) in [6.07, 6.45) is 1.37. The zero-order valence-electron chi connectivity index (χ0n) is 10.3. The van der Waals surface area contributed by atoms with Crippen LogP contribution in [0.15, 0.2) is 24.3 Å². The molecule has 0 aromatic heterocycles. The molecule has 0 aliphatic carbocycles. The normalized spacial score (nSPS) is 9.83. The molecule has 0 radical (unpaired) electrons. The average molecular weight is 251 g/mol. The summed E-state index contributed by atoms with van der Waals surface area (Å²) >= 11 is 0. The van der Waals surface area contributed by atoms with E-state index in [1.807, 2.05) is 6.92 Å². The van der Waals surface area contributed by atoms with Crippen LogP contribution in [0.25, 0.3) is 0 Å². The highest BCUT2D eigenvalue weighted by Crippen LogP contribution is 2.14. The van der Waals surface area contributed by atoms with E-state index >= 15 is 0 Å². The Bertz CT molecular complexity index is 404. The first kappa shape index (κ1) is 14.0. The first-order chi connectivity index (χ1) is 8.63. The van der Waals surface area contributed by atoms with Crippen molar-refractivity contribution in [3.05, 3.63) is 34.4 Å². The Morgan fingerprint density at radius 1 is 1.28 bits per heavy atom. The average Bonchev–Trinajstić information content (AvgIpc) is 2.35. The van der Waals surface area contributed by atoms with Crippen LogP contribution >= 0.6 is 0 Å². The van der Waals surface area contributed by atoms with Gasteiger partial charge in [0.25, 0.3) is 5.69 Å². The fourth-order valence-electron chi connectivity index (χ4n) is 1.43. The molecule has 0 heterocycles. The number of nitrogens with one attached hydrogen (secondary N) is 2. The Hall–Kier alpha value is -2.11. The summed E-state index contributed by atoms with van der Waals surface area (Å²) in [6, 6.07) is 6.17. The van der Waals surface area contributed by atoms with Gasteiger partial charge in [0.15, 0.2) is 0 Å². The number of rotatable bonds is 7. The van der Waals surface area contributed by atoms with Crippen molar-refractivity contribution < 1.29 is 9.72 Å². The van der Waals surface area contributed by atoms with Gasteiger partial charge in [0.1, 0.15) is 0 Å². The number of hydrogen-bond acceptors (Lipinski definition) is 4. The summed E-state index contributed by atoms with van der Waals surface area (Å²) in [5.41, 5.74) is 0.863. The highest BCUT2D eigenvalue weighted by molar-refractivity contribution is 5.75. The number of nitrogens with zero attached hydrogens (tertiary/aromatic N) is 1. The number of amides is 1. The van der Waals surface area contributed by atoms with E-state index < -0.39 is 4.92 Å². The van der Waals surface area contributed by atoms with Crippen molar-refractivity contribution in [2.45, 2.75) is 19.8 Å². The molecule has 6 heteroatoms. The molecule has 1 rings (SSSR count). The van der Waals surface area contributed by atoms with Crippen LogP contribution < -0.4 is 10.6 Å². The number of nitro groups is 1. The standard InChI is InChI=1S/C12H17N3O3/c1-2-3-12(16)14-9-8-13-10-4-6-11(7-5-10)15(17)18/h4-7,13H,2-3,8-9H2,1H3,(H,14,16). The van der Waals surface area contributed by atoms with Gasteiger partial charge in [-0.25, -0.2) is 0 Å². The lowest BCUT2D eigenvalue weighted by atomic mass is 10.3. The second-order valence-electron chi connectivity index (χ2n) is 3.83. The first-order valence-electron chi connectivity index (χ1n) is 5.88. The van der Waals surface area contributed by atoms with Crippen LogP contribution in [0.1, 0.15) is 19.8 Å². The van der Waals surface area contributed by atoms with E-state index in [2.05, 4.69) is 10.6 Å². The van der Waals surface area contributed by atoms with Gasteiger partial charge >= 0.3 is 0 Å². The lowest BCUT2D eigenvalue weighted by Crippen LogP contribution is -2.28. The molecule has 0 saturated carbocycles. The van der Waals surface area contributed by atoms with E-state index in [1.54, 1.807) is 12.1 Å². The molecule has 0 aliphatic heterocycles. The third kappa shape index (κ3) is 4.82. The second kappa shape index (κ2) is 7.26. The summed E-state index contributed by atoms with van der Waals surface area (Å²) in [6.45, 7) is 3.08. The summed E-state index contributed by atoms with van der Waals surface area (Å²) in [7, 11) is 0. The minimum Gasteiger partial charge on any atom is -0.383 e. The number of hydrogen-bond donors (Lipinski definition) is 2. The van der Waals surface area contributed by atoms with Gasteiger partial charge in [0.2, 0.25) is 5.91 Å². The molecule has 1 amide bonds. The van der Waals surface area contributed by atoms with Crippen LogP contribution in [0.5, 0.6) is 0 Å². The molecule has 98 valence electrons. The number of non-ortho nitro benzene ring substituents is 1. The summed E-state index contributed by atoms with van der Waals surface area (Å²) in [5, 5.41) is 16.3. The van der Waals surface area contributed by atoms with E-state index in [9.17, 15) is 14.9 Å². The molecule has 0 spiro atoms. The largest absolute Gasteiger partial charge is 0.383 e. The third-order valence-corrected chi connectivity index (χ3v) is 2.33. The van der Waals surface area contributed by atoms with Gasteiger partial charge in [-0.1, -0.05) is 6.92 Å². The minimum absolute atomic E-state index is 0.0444. The Kier molecular flexibility index (Phi) is 5.63. The lowest BCUT2D eigenvalue weighted by molar-refractivity contribution is -0.384. The zero-order chi connectivity index (χ0) is 13.4.